The Kier molecular flexibility index (Phi) is 3.34. The molecule has 1 N–H and O–H groups in total. The fraction of sp³-hybridized carbons (Fsp3) is 0.909. The first kappa shape index (κ1) is 10.6. The summed E-state index contributed by atoms with van der Waals surface area (Å²) in [5.74, 6) is 0.812. The van der Waals surface area contributed by atoms with E-state index in [-0.39, 0.29) is 5.92 Å². The molecule has 1 aliphatic carbocycles. The van der Waals surface area contributed by atoms with Crippen molar-refractivity contribution in [2.24, 2.45) is 23.7 Å². The maximum Gasteiger partial charge on any atom is 0.306 e. The minimum absolute atomic E-state index is 0.0938. The predicted octanol–water partition coefficient (Wildman–Crippen LogP) is 2.78. The Hall–Kier alpha value is -0.530. The van der Waals surface area contributed by atoms with E-state index in [1.54, 1.807) is 0 Å². The highest BCUT2D eigenvalue weighted by Gasteiger charge is 2.35. The van der Waals surface area contributed by atoms with Crippen LogP contribution in [0.1, 0.15) is 40.0 Å². The second-order valence-electron chi connectivity index (χ2n) is 4.77. The lowest BCUT2D eigenvalue weighted by Gasteiger charge is -2.34. The number of carboxylic acids is 1. The standard InChI is InChI=1S/C11H20O2/c1-7(2)9-5-4-8(3)6-10(9)11(12)13/h7-10H,4-6H2,1-3H3,(H,12,13)/t8-,9-,10-/m1/s1. The quantitative estimate of drug-likeness (QED) is 0.716. The van der Waals surface area contributed by atoms with Gasteiger partial charge in [-0.1, -0.05) is 27.2 Å². The van der Waals surface area contributed by atoms with E-state index in [4.69, 9.17) is 5.11 Å². The van der Waals surface area contributed by atoms with Gasteiger partial charge in [-0.25, -0.2) is 0 Å². The van der Waals surface area contributed by atoms with Crippen LogP contribution in [0.2, 0.25) is 0 Å². The summed E-state index contributed by atoms with van der Waals surface area (Å²) < 4.78 is 0. The van der Waals surface area contributed by atoms with Gasteiger partial charge in [0.1, 0.15) is 0 Å². The van der Waals surface area contributed by atoms with Crippen molar-refractivity contribution in [1.29, 1.82) is 0 Å². The minimum atomic E-state index is -0.592. The molecule has 0 aromatic rings. The molecule has 76 valence electrons. The summed E-state index contributed by atoms with van der Waals surface area (Å²) in [5, 5.41) is 9.08. The molecule has 0 spiro atoms. The third-order valence-corrected chi connectivity index (χ3v) is 3.34. The molecule has 0 unspecified atom stereocenters. The van der Waals surface area contributed by atoms with E-state index >= 15 is 0 Å². The predicted molar refractivity (Wildman–Crippen MR) is 52.5 cm³/mol. The third kappa shape index (κ3) is 2.45. The second-order valence-corrected chi connectivity index (χ2v) is 4.77. The van der Waals surface area contributed by atoms with Gasteiger partial charge in [-0.15, -0.1) is 0 Å². The summed E-state index contributed by atoms with van der Waals surface area (Å²) in [6.45, 7) is 6.43. The zero-order valence-electron chi connectivity index (χ0n) is 8.79. The average Bonchev–Trinajstić information content (AvgIpc) is 2.03. The molecule has 1 aliphatic rings. The molecule has 0 amide bonds. The molecule has 0 radical (unpaired) electrons. The summed E-state index contributed by atoms with van der Waals surface area (Å²) in [6.07, 6.45) is 3.17. The molecular weight excluding hydrogens is 164 g/mol. The Bertz CT molecular complexity index is 187. The van der Waals surface area contributed by atoms with Crippen LogP contribution >= 0.6 is 0 Å². The highest BCUT2D eigenvalue weighted by Crippen LogP contribution is 2.37. The van der Waals surface area contributed by atoms with Gasteiger partial charge in [0.2, 0.25) is 0 Å². The SMILES string of the molecule is CC(C)[C@H]1CC[C@@H](C)C[C@H]1C(=O)O. The van der Waals surface area contributed by atoms with Crippen LogP contribution in [0.15, 0.2) is 0 Å². The number of rotatable bonds is 2. The number of carboxylic acid groups (broad SMARTS) is 1. The van der Waals surface area contributed by atoms with E-state index in [1.807, 2.05) is 0 Å². The molecular formula is C11H20O2. The van der Waals surface area contributed by atoms with E-state index in [1.165, 1.54) is 6.42 Å². The smallest absolute Gasteiger partial charge is 0.306 e. The van der Waals surface area contributed by atoms with Crippen LogP contribution in [-0.4, -0.2) is 11.1 Å². The van der Waals surface area contributed by atoms with Crippen LogP contribution in [0.25, 0.3) is 0 Å². The first-order chi connectivity index (χ1) is 6.02. The van der Waals surface area contributed by atoms with Crippen LogP contribution < -0.4 is 0 Å². The van der Waals surface area contributed by atoms with Gasteiger partial charge in [0.05, 0.1) is 5.92 Å². The molecule has 0 aliphatic heterocycles. The van der Waals surface area contributed by atoms with Crippen LogP contribution in [0.5, 0.6) is 0 Å². The Balaban J connectivity index is 2.66. The lowest BCUT2D eigenvalue weighted by atomic mass is 9.70. The normalized spacial score (nSPS) is 34.9. The third-order valence-electron chi connectivity index (χ3n) is 3.34. The molecule has 2 nitrogen and oxygen atoms in total. The van der Waals surface area contributed by atoms with Gasteiger partial charge in [-0.05, 0) is 30.6 Å². The number of hydrogen-bond acceptors (Lipinski definition) is 1. The Morgan fingerprint density at radius 2 is 2.00 bits per heavy atom. The van der Waals surface area contributed by atoms with Gasteiger partial charge in [-0.2, -0.15) is 0 Å². The average molecular weight is 184 g/mol. The van der Waals surface area contributed by atoms with Crippen LogP contribution in [0.3, 0.4) is 0 Å². The van der Waals surface area contributed by atoms with Gasteiger partial charge in [-0.3, -0.25) is 4.79 Å². The lowest BCUT2D eigenvalue weighted by Crippen LogP contribution is -2.33. The molecule has 0 heterocycles. The number of carbonyl (C=O) groups is 1. The second kappa shape index (κ2) is 4.12. The molecule has 3 atom stereocenters. The topological polar surface area (TPSA) is 37.3 Å². The van der Waals surface area contributed by atoms with Gasteiger partial charge in [0.15, 0.2) is 0 Å². The lowest BCUT2D eigenvalue weighted by molar-refractivity contribution is -0.146. The molecule has 13 heavy (non-hydrogen) atoms. The first-order valence-corrected chi connectivity index (χ1v) is 5.25. The Labute approximate surface area is 80.3 Å². The maximum absolute atomic E-state index is 11.0. The van der Waals surface area contributed by atoms with Crippen molar-refractivity contribution in [2.45, 2.75) is 40.0 Å². The summed E-state index contributed by atoms with van der Waals surface area (Å²) in [7, 11) is 0. The Morgan fingerprint density at radius 1 is 1.38 bits per heavy atom. The van der Waals surface area contributed by atoms with E-state index in [0.717, 1.165) is 12.8 Å². The van der Waals surface area contributed by atoms with E-state index in [0.29, 0.717) is 17.8 Å². The molecule has 1 fully saturated rings. The number of aliphatic carboxylic acids is 1. The van der Waals surface area contributed by atoms with Crippen LogP contribution in [0.4, 0.5) is 0 Å². The van der Waals surface area contributed by atoms with Crippen LogP contribution in [0, 0.1) is 23.7 Å². The van der Waals surface area contributed by atoms with Crippen molar-refractivity contribution >= 4 is 5.97 Å². The first-order valence-electron chi connectivity index (χ1n) is 5.25. The van der Waals surface area contributed by atoms with Gasteiger partial charge in [0.25, 0.3) is 0 Å². The van der Waals surface area contributed by atoms with Crippen molar-refractivity contribution in [3.05, 3.63) is 0 Å². The Morgan fingerprint density at radius 3 is 2.46 bits per heavy atom. The van der Waals surface area contributed by atoms with E-state index in [9.17, 15) is 4.79 Å². The summed E-state index contributed by atoms with van der Waals surface area (Å²) >= 11 is 0. The van der Waals surface area contributed by atoms with Crippen LogP contribution in [-0.2, 0) is 4.79 Å². The van der Waals surface area contributed by atoms with Crippen molar-refractivity contribution in [3.8, 4) is 0 Å². The summed E-state index contributed by atoms with van der Waals surface area (Å²) in [4.78, 5) is 11.0. The monoisotopic (exact) mass is 184 g/mol. The molecule has 0 saturated heterocycles. The van der Waals surface area contributed by atoms with Crippen molar-refractivity contribution in [1.82, 2.24) is 0 Å². The molecule has 0 aromatic heterocycles. The minimum Gasteiger partial charge on any atom is -0.481 e. The molecule has 0 bridgehead atoms. The largest absolute Gasteiger partial charge is 0.481 e. The van der Waals surface area contributed by atoms with Gasteiger partial charge in [0, 0.05) is 0 Å². The summed E-state index contributed by atoms with van der Waals surface area (Å²) in [5.41, 5.74) is 0. The zero-order chi connectivity index (χ0) is 10.0. The molecule has 1 saturated carbocycles. The fourth-order valence-electron chi connectivity index (χ4n) is 2.49. The van der Waals surface area contributed by atoms with E-state index < -0.39 is 5.97 Å². The number of hydrogen-bond donors (Lipinski definition) is 1. The highest BCUT2D eigenvalue weighted by atomic mass is 16.4. The maximum atomic E-state index is 11.0. The van der Waals surface area contributed by atoms with Crippen molar-refractivity contribution in [3.63, 3.8) is 0 Å². The zero-order valence-corrected chi connectivity index (χ0v) is 8.79. The molecule has 1 rings (SSSR count). The summed E-state index contributed by atoms with van der Waals surface area (Å²) in [6, 6.07) is 0. The van der Waals surface area contributed by atoms with Gasteiger partial charge >= 0.3 is 5.97 Å². The fourth-order valence-corrected chi connectivity index (χ4v) is 2.49. The van der Waals surface area contributed by atoms with Crippen molar-refractivity contribution in [2.75, 3.05) is 0 Å². The van der Waals surface area contributed by atoms with E-state index in [2.05, 4.69) is 20.8 Å². The molecule has 0 aromatic carbocycles. The molecule has 2 heteroatoms. The highest BCUT2D eigenvalue weighted by molar-refractivity contribution is 5.70. The van der Waals surface area contributed by atoms with Crippen molar-refractivity contribution < 1.29 is 9.90 Å². The van der Waals surface area contributed by atoms with Gasteiger partial charge < -0.3 is 5.11 Å².